The molecule has 0 unspecified atom stereocenters. The summed E-state index contributed by atoms with van der Waals surface area (Å²) < 4.78 is 0. The molecule has 1 amide bonds. The van der Waals surface area contributed by atoms with Crippen molar-refractivity contribution in [1.82, 2.24) is 0 Å². The van der Waals surface area contributed by atoms with Gasteiger partial charge in [0.15, 0.2) is 0 Å². The summed E-state index contributed by atoms with van der Waals surface area (Å²) in [4.78, 5) is 10.7. The number of primary amides is 1. The van der Waals surface area contributed by atoms with E-state index in [1.807, 2.05) is 31.2 Å². The van der Waals surface area contributed by atoms with Crippen molar-refractivity contribution in [3.63, 3.8) is 0 Å². The van der Waals surface area contributed by atoms with Crippen LogP contribution in [0.2, 0.25) is 0 Å². The molecule has 13 heavy (non-hydrogen) atoms. The zero-order chi connectivity index (χ0) is 9.84. The van der Waals surface area contributed by atoms with Gasteiger partial charge < -0.3 is 11.5 Å². The van der Waals surface area contributed by atoms with Crippen molar-refractivity contribution in [3.05, 3.63) is 35.4 Å². The van der Waals surface area contributed by atoms with Crippen LogP contribution < -0.4 is 11.5 Å². The van der Waals surface area contributed by atoms with Crippen LogP contribution in [0, 0.1) is 6.92 Å². The summed E-state index contributed by atoms with van der Waals surface area (Å²) in [5.74, 6) is -0.458. The Labute approximate surface area is 77.7 Å². The highest BCUT2D eigenvalue weighted by atomic mass is 16.1. The van der Waals surface area contributed by atoms with Gasteiger partial charge >= 0.3 is 0 Å². The van der Waals surface area contributed by atoms with E-state index < -0.39 is 11.9 Å². The summed E-state index contributed by atoms with van der Waals surface area (Å²) in [5, 5.41) is 0. The topological polar surface area (TPSA) is 69.1 Å². The fraction of sp³-hybridized carbons (Fsp3) is 0.300. The first-order valence-electron chi connectivity index (χ1n) is 4.20. The van der Waals surface area contributed by atoms with Crippen LogP contribution in [0.3, 0.4) is 0 Å². The summed E-state index contributed by atoms with van der Waals surface area (Å²) in [6.07, 6.45) is 0.510. The van der Waals surface area contributed by atoms with Crippen LogP contribution in [0.25, 0.3) is 0 Å². The fourth-order valence-corrected chi connectivity index (χ4v) is 1.08. The molecule has 0 saturated heterocycles. The molecule has 0 aliphatic rings. The SMILES string of the molecule is Cc1ccc(C[C@H](N)C(N)=O)cc1. The first-order chi connectivity index (χ1) is 6.09. The van der Waals surface area contributed by atoms with E-state index in [1.165, 1.54) is 5.56 Å². The molecule has 70 valence electrons. The number of hydrogen-bond donors (Lipinski definition) is 2. The van der Waals surface area contributed by atoms with Gasteiger partial charge in [-0.3, -0.25) is 4.79 Å². The second-order valence-electron chi connectivity index (χ2n) is 3.20. The predicted octanol–water partition coefficient (Wildman–Crippen LogP) is 0.350. The van der Waals surface area contributed by atoms with Gasteiger partial charge in [-0.25, -0.2) is 0 Å². The van der Waals surface area contributed by atoms with Crippen molar-refractivity contribution in [2.24, 2.45) is 11.5 Å². The third-order valence-corrected chi connectivity index (χ3v) is 1.94. The largest absolute Gasteiger partial charge is 0.368 e. The molecule has 1 aromatic rings. The summed E-state index contributed by atoms with van der Waals surface area (Å²) in [6, 6.07) is 7.31. The van der Waals surface area contributed by atoms with Crippen LogP contribution in [-0.4, -0.2) is 11.9 Å². The number of hydrogen-bond acceptors (Lipinski definition) is 2. The molecular weight excluding hydrogens is 164 g/mol. The van der Waals surface area contributed by atoms with Gasteiger partial charge in [0.05, 0.1) is 6.04 Å². The van der Waals surface area contributed by atoms with E-state index in [2.05, 4.69) is 0 Å². The molecule has 4 N–H and O–H groups in total. The third kappa shape index (κ3) is 2.87. The molecule has 3 heteroatoms. The van der Waals surface area contributed by atoms with E-state index in [1.54, 1.807) is 0 Å². The molecule has 0 saturated carbocycles. The van der Waals surface area contributed by atoms with Crippen LogP contribution >= 0.6 is 0 Å². The number of nitrogens with two attached hydrogens (primary N) is 2. The Morgan fingerprint density at radius 1 is 1.38 bits per heavy atom. The molecule has 0 radical (unpaired) electrons. The lowest BCUT2D eigenvalue weighted by Crippen LogP contribution is -2.38. The second kappa shape index (κ2) is 4.05. The summed E-state index contributed by atoms with van der Waals surface area (Å²) >= 11 is 0. The third-order valence-electron chi connectivity index (χ3n) is 1.94. The zero-order valence-electron chi connectivity index (χ0n) is 7.66. The van der Waals surface area contributed by atoms with E-state index in [9.17, 15) is 4.79 Å². The van der Waals surface area contributed by atoms with E-state index in [-0.39, 0.29) is 0 Å². The first kappa shape index (κ1) is 9.74. The molecule has 0 heterocycles. The smallest absolute Gasteiger partial charge is 0.234 e. The molecule has 0 fully saturated rings. The fourth-order valence-electron chi connectivity index (χ4n) is 1.08. The Morgan fingerprint density at radius 3 is 2.38 bits per heavy atom. The molecular formula is C10H14N2O. The van der Waals surface area contributed by atoms with E-state index in [4.69, 9.17) is 11.5 Å². The Balaban J connectivity index is 2.64. The number of amides is 1. The average Bonchev–Trinajstić information content (AvgIpc) is 2.08. The number of rotatable bonds is 3. The Kier molecular flexibility index (Phi) is 3.03. The minimum absolute atomic E-state index is 0.458. The normalized spacial score (nSPS) is 12.5. The Morgan fingerprint density at radius 2 is 1.92 bits per heavy atom. The van der Waals surface area contributed by atoms with Crippen LogP contribution in [-0.2, 0) is 11.2 Å². The lowest BCUT2D eigenvalue weighted by Gasteiger charge is -2.06. The van der Waals surface area contributed by atoms with Crippen molar-refractivity contribution < 1.29 is 4.79 Å². The maximum absolute atomic E-state index is 10.7. The van der Waals surface area contributed by atoms with Gasteiger partial charge in [0.2, 0.25) is 5.91 Å². The molecule has 3 nitrogen and oxygen atoms in total. The van der Waals surface area contributed by atoms with Crippen LogP contribution in [0.4, 0.5) is 0 Å². The number of carbonyl (C=O) groups excluding carboxylic acids is 1. The molecule has 0 spiro atoms. The van der Waals surface area contributed by atoms with Crippen LogP contribution in [0.5, 0.6) is 0 Å². The van der Waals surface area contributed by atoms with Crippen LogP contribution in [0.15, 0.2) is 24.3 Å². The molecule has 0 aliphatic heterocycles. The standard InChI is InChI=1S/C10H14N2O/c1-7-2-4-8(5-3-7)6-9(11)10(12)13/h2-5,9H,6,11H2,1H3,(H2,12,13)/t9-/m0/s1. The molecule has 1 rings (SSSR count). The van der Waals surface area contributed by atoms with Crippen molar-refractivity contribution in [3.8, 4) is 0 Å². The Hall–Kier alpha value is -1.35. The van der Waals surface area contributed by atoms with Gasteiger partial charge in [-0.15, -0.1) is 0 Å². The quantitative estimate of drug-likeness (QED) is 0.701. The lowest BCUT2D eigenvalue weighted by molar-refractivity contribution is -0.119. The van der Waals surface area contributed by atoms with Gasteiger partial charge in [-0.05, 0) is 18.9 Å². The van der Waals surface area contributed by atoms with Gasteiger partial charge in [0.1, 0.15) is 0 Å². The average molecular weight is 178 g/mol. The maximum Gasteiger partial charge on any atom is 0.234 e. The number of carbonyl (C=O) groups is 1. The predicted molar refractivity (Wildman–Crippen MR) is 52.1 cm³/mol. The second-order valence-corrected chi connectivity index (χ2v) is 3.20. The highest BCUT2D eigenvalue weighted by Crippen LogP contribution is 2.04. The van der Waals surface area contributed by atoms with Gasteiger partial charge in [-0.2, -0.15) is 0 Å². The van der Waals surface area contributed by atoms with Crippen molar-refractivity contribution >= 4 is 5.91 Å². The molecule has 1 atom stereocenters. The van der Waals surface area contributed by atoms with Crippen molar-refractivity contribution in [2.75, 3.05) is 0 Å². The summed E-state index contributed by atoms with van der Waals surface area (Å²) in [7, 11) is 0. The number of aryl methyl sites for hydroxylation is 1. The lowest BCUT2D eigenvalue weighted by atomic mass is 10.1. The maximum atomic E-state index is 10.7. The van der Waals surface area contributed by atoms with Gasteiger partial charge in [0.25, 0.3) is 0 Å². The highest BCUT2D eigenvalue weighted by Gasteiger charge is 2.09. The molecule has 0 bridgehead atoms. The van der Waals surface area contributed by atoms with E-state index in [0.29, 0.717) is 6.42 Å². The molecule has 0 aliphatic carbocycles. The Bertz CT molecular complexity index is 292. The zero-order valence-corrected chi connectivity index (χ0v) is 7.66. The van der Waals surface area contributed by atoms with E-state index in [0.717, 1.165) is 5.56 Å². The van der Waals surface area contributed by atoms with Crippen LogP contribution in [0.1, 0.15) is 11.1 Å². The van der Waals surface area contributed by atoms with Crippen molar-refractivity contribution in [2.45, 2.75) is 19.4 Å². The molecule has 0 aromatic heterocycles. The first-order valence-corrected chi connectivity index (χ1v) is 4.20. The summed E-state index contributed by atoms with van der Waals surface area (Å²) in [5.41, 5.74) is 12.8. The minimum Gasteiger partial charge on any atom is -0.368 e. The monoisotopic (exact) mass is 178 g/mol. The van der Waals surface area contributed by atoms with Gasteiger partial charge in [-0.1, -0.05) is 29.8 Å². The minimum atomic E-state index is -0.581. The van der Waals surface area contributed by atoms with Crippen molar-refractivity contribution in [1.29, 1.82) is 0 Å². The highest BCUT2D eigenvalue weighted by molar-refractivity contribution is 5.79. The summed E-state index contributed by atoms with van der Waals surface area (Å²) in [6.45, 7) is 2.01. The van der Waals surface area contributed by atoms with Gasteiger partial charge in [0, 0.05) is 0 Å². The van der Waals surface area contributed by atoms with E-state index >= 15 is 0 Å². The molecule has 1 aromatic carbocycles. The number of benzene rings is 1.